The van der Waals surface area contributed by atoms with Crippen molar-refractivity contribution in [1.29, 1.82) is 0 Å². The molecule has 0 atom stereocenters. The molecule has 0 saturated heterocycles. The van der Waals surface area contributed by atoms with E-state index in [0.717, 1.165) is 12.8 Å². The van der Waals surface area contributed by atoms with Gasteiger partial charge in [0.1, 0.15) is 0 Å². The van der Waals surface area contributed by atoms with Crippen molar-refractivity contribution < 1.29 is 8.42 Å². The molecule has 0 aliphatic rings. The Morgan fingerprint density at radius 2 is 1.47 bits per heavy atom. The largest absolute Gasteiger partial charge is 0.279 e. The predicted octanol–water partition coefficient (Wildman–Crippen LogP) is 1.74. The van der Waals surface area contributed by atoms with Crippen LogP contribution in [-0.2, 0) is 10.2 Å². The molecule has 0 rings (SSSR count). The SMILES string of the molecule is CCCN(CCC)S(=O)(=O)NC(C)(C)C. The second-order valence-corrected chi connectivity index (χ2v) is 6.43. The van der Waals surface area contributed by atoms with E-state index in [9.17, 15) is 8.42 Å². The molecule has 0 aliphatic heterocycles. The third-order valence-electron chi connectivity index (χ3n) is 1.72. The molecule has 0 amide bonds. The van der Waals surface area contributed by atoms with Crippen LogP contribution >= 0.6 is 0 Å². The van der Waals surface area contributed by atoms with Crippen LogP contribution in [0.4, 0.5) is 0 Å². The lowest BCUT2D eigenvalue weighted by Gasteiger charge is -2.27. The van der Waals surface area contributed by atoms with E-state index in [1.54, 1.807) is 0 Å². The highest BCUT2D eigenvalue weighted by molar-refractivity contribution is 7.87. The molecular weight excluding hydrogens is 212 g/mol. The maximum Gasteiger partial charge on any atom is 0.279 e. The molecule has 1 N–H and O–H groups in total. The van der Waals surface area contributed by atoms with Gasteiger partial charge in [0.25, 0.3) is 10.2 Å². The van der Waals surface area contributed by atoms with Gasteiger partial charge in [-0.15, -0.1) is 0 Å². The lowest BCUT2D eigenvalue weighted by Crippen LogP contribution is -2.49. The first kappa shape index (κ1) is 14.9. The topological polar surface area (TPSA) is 49.4 Å². The van der Waals surface area contributed by atoms with Crippen LogP contribution in [0, 0.1) is 0 Å². The first-order chi connectivity index (χ1) is 6.73. The van der Waals surface area contributed by atoms with Gasteiger partial charge in [-0.05, 0) is 33.6 Å². The van der Waals surface area contributed by atoms with E-state index in [-0.39, 0.29) is 0 Å². The van der Waals surface area contributed by atoms with Gasteiger partial charge in [0, 0.05) is 18.6 Å². The van der Waals surface area contributed by atoms with Crippen LogP contribution in [0.1, 0.15) is 47.5 Å². The zero-order chi connectivity index (χ0) is 12.1. The number of rotatable bonds is 6. The highest BCUT2D eigenvalue weighted by atomic mass is 32.2. The summed E-state index contributed by atoms with van der Waals surface area (Å²) >= 11 is 0. The second-order valence-electron chi connectivity index (χ2n) is 4.76. The molecule has 0 spiro atoms. The van der Waals surface area contributed by atoms with Crippen molar-refractivity contribution in [2.24, 2.45) is 0 Å². The molecular formula is C10H24N2O2S. The summed E-state index contributed by atoms with van der Waals surface area (Å²) in [6.45, 7) is 10.7. The van der Waals surface area contributed by atoms with Gasteiger partial charge in [-0.1, -0.05) is 13.8 Å². The van der Waals surface area contributed by atoms with Crippen LogP contribution in [-0.4, -0.2) is 31.4 Å². The smallest absolute Gasteiger partial charge is 0.197 e. The van der Waals surface area contributed by atoms with E-state index in [1.165, 1.54) is 4.31 Å². The van der Waals surface area contributed by atoms with Gasteiger partial charge in [0.15, 0.2) is 0 Å². The summed E-state index contributed by atoms with van der Waals surface area (Å²) in [5, 5.41) is 0. The zero-order valence-corrected chi connectivity index (χ0v) is 11.3. The third kappa shape index (κ3) is 6.12. The first-order valence-corrected chi connectivity index (χ1v) is 6.96. The normalized spacial score (nSPS) is 13.5. The van der Waals surface area contributed by atoms with Crippen molar-refractivity contribution in [3.63, 3.8) is 0 Å². The molecule has 4 nitrogen and oxygen atoms in total. The maximum atomic E-state index is 11.9. The molecule has 0 heterocycles. The Balaban J connectivity index is 4.64. The zero-order valence-electron chi connectivity index (χ0n) is 10.5. The number of hydrogen-bond acceptors (Lipinski definition) is 2. The van der Waals surface area contributed by atoms with Crippen molar-refractivity contribution in [2.75, 3.05) is 13.1 Å². The highest BCUT2D eigenvalue weighted by Gasteiger charge is 2.25. The van der Waals surface area contributed by atoms with Crippen LogP contribution in [0.5, 0.6) is 0 Å². The summed E-state index contributed by atoms with van der Waals surface area (Å²) in [7, 11) is -3.32. The fraction of sp³-hybridized carbons (Fsp3) is 1.00. The summed E-state index contributed by atoms with van der Waals surface area (Å²) in [6, 6.07) is 0. The van der Waals surface area contributed by atoms with E-state index in [0.29, 0.717) is 13.1 Å². The van der Waals surface area contributed by atoms with Crippen molar-refractivity contribution >= 4 is 10.2 Å². The number of hydrogen-bond donors (Lipinski definition) is 1. The Kier molecular flexibility index (Phi) is 5.77. The van der Waals surface area contributed by atoms with Gasteiger partial charge in [0.05, 0.1) is 0 Å². The lowest BCUT2D eigenvalue weighted by atomic mass is 10.1. The minimum Gasteiger partial charge on any atom is -0.197 e. The molecule has 0 aliphatic carbocycles. The first-order valence-electron chi connectivity index (χ1n) is 5.52. The van der Waals surface area contributed by atoms with E-state index < -0.39 is 15.7 Å². The van der Waals surface area contributed by atoms with Crippen LogP contribution < -0.4 is 4.72 Å². The van der Waals surface area contributed by atoms with E-state index in [4.69, 9.17) is 0 Å². The molecule has 0 aromatic heterocycles. The Morgan fingerprint density at radius 1 is 1.07 bits per heavy atom. The third-order valence-corrected chi connectivity index (χ3v) is 3.64. The molecule has 0 aromatic rings. The number of nitrogens with one attached hydrogen (secondary N) is 1. The highest BCUT2D eigenvalue weighted by Crippen LogP contribution is 2.07. The molecule has 0 saturated carbocycles. The van der Waals surface area contributed by atoms with Crippen molar-refractivity contribution in [2.45, 2.75) is 53.0 Å². The average Bonchev–Trinajstić information content (AvgIpc) is 1.99. The summed E-state index contributed by atoms with van der Waals surface area (Å²) < 4.78 is 28.1. The molecule has 0 bridgehead atoms. The summed E-state index contributed by atoms with van der Waals surface area (Å²) in [5.74, 6) is 0. The molecule has 92 valence electrons. The van der Waals surface area contributed by atoms with Crippen molar-refractivity contribution in [3.8, 4) is 0 Å². The number of nitrogens with zero attached hydrogens (tertiary/aromatic N) is 1. The standard InChI is InChI=1S/C10H24N2O2S/c1-6-8-12(9-7-2)15(13,14)11-10(3,4)5/h11H,6-9H2,1-5H3. The average molecular weight is 236 g/mol. The Bertz CT molecular complexity index is 262. The molecule has 0 fully saturated rings. The van der Waals surface area contributed by atoms with E-state index >= 15 is 0 Å². The molecule has 15 heavy (non-hydrogen) atoms. The monoisotopic (exact) mass is 236 g/mol. The predicted molar refractivity (Wildman–Crippen MR) is 64.0 cm³/mol. The summed E-state index contributed by atoms with van der Waals surface area (Å²) in [5.41, 5.74) is -0.418. The van der Waals surface area contributed by atoms with E-state index in [1.807, 2.05) is 34.6 Å². The minimum absolute atomic E-state index is 0.418. The molecule has 5 heteroatoms. The molecule has 0 radical (unpaired) electrons. The quantitative estimate of drug-likeness (QED) is 0.763. The van der Waals surface area contributed by atoms with Crippen LogP contribution in [0.2, 0.25) is 0 Å². The van der Waals surface area contributed by atoms with Gasteiger partial charge in [0.2, 0.25) is 0 Å². The van der Waals surface area contributed by atoms with Crippen LogP contribution in [0.3, 0.4) is 0 Å². The van der Waals surface area contributed by atoms with Gasteiger partial charge in [-0.3, -0.25) is 0 Å². The van der Waals surface area contributed by atoms with Crippen molar-refractivity contribution in [1.82, 2.24) is 9.03 Å². The fourth-order valence-electron chi connectivity index (χ4n) is 1.30. The molecule has 0 unspecified atom stereocenters. The van der Waals surface area contributed by atoms with Crippen LogP contribution in [0.15, 0.2) is 0 Å². The van der Waals surface area contributed by atoms with E-state index in [2.05, 4.69) is 4.72 Å². The Labute approximate surface area is 94.2 Å². The fourth-order valence-corrected chi connectivity index (χ4v) is 3.05. The van der Waals surface area contributed by atoms with Gasteiger partial charge < -0.3 is 0 Å². The Hall–Kier alpha value is -0.130. The minimum atomic E-state index is -3.32. The van der Waals surface area contributed by atoms with Gasteiger partial charge in [-0.2, -0.15) is 17.4 Å². The second kappa shape index (κ2) is 5.82. The Morgan fingerprint density at radius 3 is 1.73 bits per heavy atom. The maximum absolute atomic E-state index is 11.9. The van der Waals surface area contributed by atoms with Gasteiger partial charge in [-0.25, -0.2) is 0 Å². The molecule has 0 aromatic carbocycles. The van der Waals surface area contributed by atoms with Gasteiger partial charge >= 0.3 is 0 Å². The van der Waals surface area contributed by atoms with Crippen molar-refractivity contribution in [3.05, 3.63) is 0 Å². The van der Waals surface area contributed by atoms with Crippen LogP contribution in [0.25, 0.3) is 0 Å². The lowest BCUT2D eigenvalue weighted by molar-refractivity contribution is 0.383. The summed E-state index contributed by atoms with van der Waals surface area (Å²) in [4.78, 5) is 0. The summed E-state index contributed by atoms with van der Waals surface area (Å²) in [6.07, 6.45) is 1.68.